The van der Waals surface area contributed by atoms with Crippen molar-refractivity contribution < 1.29 is 88.6 Å². The molecule has 0 saturated carbocycles. The number of aryl methyl sites for hydroxylation is 2. The Morgan fingerprint density at radius 1 is 0.625 bits per heavy atom. The fourth-order valence-corrected chi connectivity index (χ4v) is 13.9. The summed E-state index contributed by atoms with van der Waals surface area (Å²) in [5.41, 5.74) is -1.44. The number of morpholine rings is 1. The zero-order valence-electron chi connectivity index (χ0n) is 62.2. The van der Waals surface area contributed by atoms with E-state index >= 15 is 9.59 Å². The molecule has 2 aromatic carbocycles. The zero-order chi connectivity index (χ0) is 77.4. The van der Waals surface area contributed by atoms with E-state index in [0.717, 1.165) is 40.1 Å². The first-order chi connectivity index (χ1) is 48.9. The van der Waals surface area contributed by atoms with Crippen molar-refractivity contribution in [2.24, 2.45) is 17.8 Å². The Labute approximate surface area is 605 Å². The van der Waals surface area contributed by atoms with Crippen LogP contribution in [0.5, 0.6) is 0 Å². The van der Waals surface area contributed by atoms with Crippen LogP contribution in [0.25, 0.3) is 0 Å². The second-order valence-corrected chi connectivity index (χ2v) is 28.5. The first kappa shape index (κ1) is 84.6. The molecule has 4 fully saturated rings. The number of benzene rings is 2. The summed E-state index contributed by atoms with van der Waals surface area (Å²) in [7, 11) is 5.34. The van der Waals surface area contributed by atoms with E-state index in [1.54, 1.807) is 27.7 Å². The second kappa shape index (κ2) is 37.5. The van der Waals surface area contributed by atoms with Crippen molar-refractivity contribution in [3.05, 3.63) is 70.3 Å². The molecule has 0 spiro atoms. The lowest BCUT2D eigenvalue weighted by Gasteiger charge is -2.44. The lowest BCUT2D eigenvalue weighted by molar-refractivity contribution is -0.157. The molecular weight excluding hydrogens is 1370 g/mol. The Kier molecular flexibility index (Phi) is 30.5. The average Bonchev–Trinajstić information content (AvgIpc) is 0.893. The van der Waals surface area contributed by atoms with Gasteiger partial charge in [-0.2, -0.15) is 26.3 Å². The number of hydrogen-bond acceptors (Lipinski definition) is 13. The van der Waals surface area contributed by atoms with Gasteiger partial charge in [0.2, 0.25) is 70.9 Å². The summed E-state index contributed by atoms with van der Waals surface area (Å²) >= 11 is 0. The van der Waals surface area contributed by atoms with Crippen LogP contribution < -0.4 is 21.3 Å². The summed E-state index contributed by atoms with van der Waals surface area (Å²) in [6.07, 6.45) is -8.80. The van der Waals surface area contributed by atoms with Gasteiger partial charge in [0.15, 0.2) is 0 Å². The Bertz CT molecular complexity index is 3390. The molecule has 11 atom stereocenters. The molecule has 0 aliphatic carbocycles. The molecule has 104 heavy (non-hydrogen) atoms. The van der Waals surface area contributed by atoms with Gasteiger partial charge in [0.05, 0.1) is 37.3 Å². The molecule has 0 radical (unpaired) electrons. The first-order valence-corrected chi connectivity index (χ1v) is 36.2. The number of nitrogens with zero attached hydrogens (tertiary/aromatic N) is 8. The third kappa shape index (κ3) is 21.6. The van der Waals surface area contributed by atoms with E-state index in [0.29, 0.717) is 24.8 Å². The third-order valence-electron chi connectivity index (χ3n) is 20.7. The van der Waals surface area contributed by atoms with Crippen molar-refractivity contribution in [3.8, 4) is 0 Å². The average molecular weight is 1470 g/mol. The number of ether oxygens (including phenoxy) is 1. The zero-order valence-corrected chi connectivity index (χ0v) is 62.2. The van der Waals surface area contributed by atoms with Crippen molar-refractivity contribution in [1.82, 2.24) is 60.5 Å². The van der Waals surface area contributed by atoms with Crippen LogP contribution in [0.1, 0.15) is 154 Å². The second-order valence-electron chi connectivity index (χ2n) is 28.5. The van der Waals surface area contributed by atoms with Gasteiger partial charge in [0, 0.05) is 80.3 Å². The summed E-state index contributed by atoms with van der Waals surface area (Å²) in [5.74, 6) is -9.70. The number of fused-ring (bicyclic) bond motifs is 2. The molecule has 0 bridgehead atoms. The van der Waals surface area contributed by atoms with Gasteiger partial charge < -0.3 is 65.2 Å². The maximum Gasteiger partial charge on any atom is 0.416 e. The number of carbonyl (C=O) groups is 12. The minimum Gasteiger partial charge on any atom is -0.378 e. The van der Waals surface area contributed by atoms with E-state index in [1.807, 2.05) is 20.8 Å². The summed E-state index contributed by atoms with van der Waals surface area (Å²) < 4.78 is 88.5. The van der Waals surface area contributed by atoms with Crippen molar-refractivity contribution in [3.63, 3.8) is 0 Å². The number of halogens is 6. The molecular formula is C73H106F6N12O13. The number of nitrogens with one attached hydrogen (secondary N) is 4. The molecule has 0 aromatic heterocycles. The molecule has 2 aromatic rings. The van der Waals surface area contributed by atoms with Gasteiger partial charge >= 0.3 is 12.4 Å². The fourth-order valence-electron chi connectivity index (χ4n) is 13.9. The highest BCUT2D eigenvalue weighted by Gasteiger charge is 2.47. The van der Waals surface area contributed by atoms with Gasteiger partial charge in [-0.3, -0.25) is 57.5 Å². The Balaban J connectivity index is 1.38. The van der Waals surface area contributed by atoms with Crippen LogP contribution in [-0.4, -0.2) is 252 Å². The van der Waals surface area contributed by atoms with Gasteiger partial charge in [-0.1, -0.05) is 78.6 Å². The molecule has 4 aliphatic heterocycles. The number of likely N-dealkylation sites (N-methyl/N-ethyl adjacent to an activating group) is 5. The molecule has 31 heteroatoms. The van der Waals surface area contributed by atoms with E-state index in [1.165, 1.54) is 83.6 Å². The first-order valence-electron chi connectivity index (χ1n) is 36.2. The van der Waals surface area contributed by atoms with Crippen LogP contribution in [0, 0.1) is 24.7 Å². The van der Waals surface area contributed by atoms with Crippen LogP contribution in [0.2, 0.25) is 0 Å². The lowest BCUT2D eigenvalue weighted by Crippen LogP contribution is -2.65. The summed E-state index contributed by atoms with van der Waals surface area (Å²) in [6.45, 7) is 15.0. The molecule has 25 nitrogen and oxygen atoms in total. The number of rotatable bonds is 13. The Morgan fingerprint density at radius 2 is 1.26 bits per heavy atom. The van der Waals surface area contributed by atoms with Crippen LogP contribution in [-0.2, 0) is 87.5 Å². The molecule has 578 valence electrons. The van der Waals surface area contributed by atoms with E-state index in [9.17, 15) is 74.3 Å². The highest BCUT2D eigenvalue weighted by Crippen LogP contribution is 2.34. The van der Waals surface area contributed by atoms with Crippen molar-refractivity contribution in [2.45, 2.75) is 213 Å². The van der Waals surface area contributed by atoms with E-state index in [-0.39, 0.29) is 121 Å². The van der Waals surface area contributed by atoms with Crippen molar-refractivity contribution in [2.75, 3.05) is 87.2 Å². The normalized spacial score (nSPS) is 25.6. The molecule has 4 aliphatic rings. The van der Waals surface area contributed by atoms with Crippen LogP contribution >= 0.6 is 0 Å². The predicted octanol–water partition coefficient (Wildman–Crippen LogP) is 5.12. The van der Waals surface area contributed by atoms with Gasteiger partial charge in [-0.15, -0.1) is 0 Å². The third-order valence-corrected chi connectivity index (χ3v) is 20.7. The van der Waals surface area contributed by atoms with Crippen molar-refractivity contribution >= 4 is 70.9 Å². The molecule has 12 amide bonds. The van der Waals surface area contributed by atoms with Crippen LogP contribution in [0.4, 0.5) is 26.3 Å². The Hall–Kier alpha value is -8.38. The quantitative estimate of drug-likeness (QED) is 0.190. The smallest absolute Gasteiger partial charge is 0.378 e. The molecule has 6 rings (SSSR count). The molecule has 0 unspecified atom stereocenters. The van der Waals surface area contributed by atoms with Crippen LogP contribution in [0.3, 0.4) is 0 Å². The summed E-state index contributed by atoms with van der Waals surface area (Å²) in [4.78, 5) is 186. The van der Waals surface area contributed by atoms with Gasteiger partial charge in [0.1, 0.15) is 54.4 Å². The maximum atomic E-state index is 15.1. The van der Waals surface area contributed by atoms with Gasteiger partial charge in [-0.05, 0) is 125 Å². The minimum absolute atomic E-state index is 0.00337. The number of alkyl halides is 6. The predicted molar refractivity (Wildman–Crippen MR) is 372 cm³/mol. The molecule has 4 N–H and O–H groups in total. The van der Waals surface area contributed by atoms with Crippen molar-refractivity contribution in [1.29, 1.82) is 0 Å². The standard InChI is InChI=1S/C73H106F6N12O13/c1-14-44(6)61-65(97)81-47(9)66(98)91-33-30-54(91)69(101)85(11)56(40-49-22-26-50(27-23-49)72(74,75)76)68(100)84(10)42-58(92)82-52(29-25-48-24-28-51(46(8)39-48)73(77,78)79)67(99)90-32-19-20-53(90)63(95)80-31-18-17-21-59(93)87(13)62(45(7)15-2)71(103)86(12)57(70(102)88-34-36-104-37-35-88)41-60(94)89(16-3)55(38-43(4)5)64(96)83-61/h22-24,26-28,39,43-45,47,52-57,61-62H,14-21,25,29-38,40-42H2,1-13H3,(H,80,95)(H,81,97)(H,82,92)(H,83,96)/t44-,45-,47-,52-,53-,54-,55-,56-,57-,61-,62-/m0/s1. The molecule has 4 saturated heterocycles. The summed E-state index contributed by atoms with van der Waals surface area (Å²) in [6, 6.07) is -4.44. The lowest BCUT2D eigenvalue weighted by atomic mass is 9.94. The largest absolute Gasteiger partial charge is 0.416 e. The minimum atomic E-state index is -4.73. The van der Waals surface area contributed by atoms with E-state index in [4.69, 9.17) is 4.74 Å². The van der Waals surface area contributed by atoms with Gasteiger partial charge in [0.25, 0.3) is 0 Å². The number of amides is 12. The molecule has 4 heterocycles. The summed E-state index contributed by atoms with van der Waals surface area (Å²) in [5, 5.41) is 11.1. The Morgan fingerprint density at radius 3 is 1.84 bits per heavy atom. The fraction of sp³-hybridized carbons (Fsp3) is 0.671. The van der Waals surface area contributed by atoms with E-state index in [2.05, 4.69) is 21.3 Å². The van der Waals surface area contributed by atoms with Gasteiger partial charge in [-0.25, -0.2) is 0 Å². The number of hydrogen-bond donors (Lipinski definition) is 4. The maximum absolute atomic E-state index is 15.1. The topological polar surface area (TPSA) is 288 Å². The SMILES string of the molecule is CC[C@H](C)[C@@H]1NC(=O)[C@H](CC(C)C)N(CC)C(=O)C[C@@H](C(=O)N2CCOCC2)N(C)C(=O)[C@H]([C@@H](C)CC)N(C)C(=O)CCCCNC(=O)[C@@H]2CCCN2C(=O)[C@H](CCc2ccc(C(F)(F)F)c(C)c2)NC(=O)CN(C)C(=O)[C@H](Cc2ccc(C(F)(F)F)cc2)N(C)C(=O)[C@@H]2CCN2C(=O)[C@H](C)NC1=O. The highest BCUT2D eigenvalue weighted by molar-refractivity contribution is 5.99. The van der Waals surface area contributed by atoms with Crippen LogP contribution in [0.15, 0.2) is 42.5 Å². The monoisotopic (exact) mass is 1470 g/mol. The van der Waals surface area contributed by atoms with E-state index < -0.39 is 180 Å². The highest BCUT2D eigenvalue weighted by atomic mass is 19.4. The number of carbonyl (C=O) groups excluding carboxylic acids is 12.